The number of amides is 2. The third-order valence-electron chi connectivity index (χ3n) is 6.49. The Kier molecular flexibility index (Phi) is 6.14. The zero-order valence-electron chi connectivity index (χ0n) is 17.0. The van der Waals surface area contributed by atoms with Gasteiger partial charge in [0.1, 0.15) is 0 Å². The minimum Gasteiger partial charge on any atom is -0.349 e. The Morgan fingerprint density at radius 3 is 2.00 bits per heavy atom. The van der Waals surface area contributed by atoms with E-state index in [9.17, 15) is 9.59 Å². The zero-order chi connectivity index (χ0) is 20.2. The Balaban J connectivity index is 1.47. The van der Waals surface area contributed by atoms with Crippen LogP contribution in [-0.4, -0.2) is 28.9 Å². The molecule has 2 fully saturated rings. The highest BCUT2D eigenvalue weighted by Gasteiger charge is 2.24. The molecule has 0 saturated heterocycles. The highest BCUT2D eigenvalue weighted by molar-refractivity contribution is 6.01. The monoisotopic (exact) mass is 393 g/mol. The molecule has 2 aliphatic rings. The number of nitrogens with zero attached hydrogens (tertiary/aromatic N) is 1. The van der Waals surface area contributed by atoms with Gasteiger partial charge in [-0.3, -0.25) is 14.6 Å². The van der Waals surface area contributed by atoms with Crippen LogP contribution in [0.1, 0.15) is 84.9 Å². The van der Waals surface area contributed by atoms with E-state index in [4.69, 9.17) is 5.84 Å². The molecule has 154 valence electrons. The number of fused-ring (bicyclic) bond motifs is 1. The van der Waals surface area contributed by atoms with Crippen LogP contribution in [0, 0.1) is 0 Å². The standard InChI is InChI=1S/C24H31N3O2/c25-27(22-9-5-2-6-10-22)24(29)20-14-12-17-15-19(13-11-18(17)16-20)23(28)26-21-7-3-1-4-8-21/h11-16,21-22H,1-10,25H2,(H,26,28). The molecule has 0 bridgehead atoms. The summed E-state index contributed by atoms with van der Waals surface area (Å²) in [5, 5.41) is 6.49. The maximum atomic E-state index is 12.8. The van der Waals surface area contributed by atoms with Crippen molar-refractivity contribution in [3.8, 4) is 0 Å². The number of carbonyl (C=O) groups is 2. The van der Waals surface area contributed by atoms with Gasteiger partial charge in [-0.1, -0.05) is 50.7 Å². The molecule has 4 rings (SSSR count). The van der Waals surface area contributed by atoms with Crippen molar-refractivity contribution in [1.29, 1.82) is 0 Å². The van der Waals surface area contributed by atoms with E-state index in [1.54, 1.807) is 0 Å². The predicted octanol–water partition coefficient (Wildman–Crippen LogP) is 4.55. The summed E-state index contributed by atoms with van der Waals surface area (Å²) in [4.78, 5) is 25.4. The summed E-state index contributed by atoms with van der Waals surface area (Å²) in [6.07, 6.45) is 11.3. The molecule has 0 aromatic heterocycles. The molecule has 2 aromatic carbocycles. The van der Waals surface area contributed by atoms with Crippen molar-refractivity contribution in [2.45, 2.75) is 76.3 Å². The molecule has 2 amide bonds. The summed E-state index contributed by atoms with van der Waals surface area (Å²) in [7, 11) is 0. The molecule has 2 saturated carbocycles. The summed E-state index contributed by atoms with van der Waals surface area (Å²) in [6.45, 7) is 0. The quantitative estimate of drug-likeness (QED) is 0.454. The largest absolute Gasteiger partial charge is 0.349 e. The average Bonchev–Trinajstić information content (AvgIpc) is 2.78. The first kappa shape index (κ1) is 19.9. The van der Waals surface area contributed by atoms with Gasteiger partial charge in [0.05, 0.1) is 0 Å². The molecule has 3 N–H and O–H groups in total. The van der Waals surface area contributed by atoms with Crippen LogP contribution in [-0.2, 0) is 0 Å². The van der Waals surface area contributed by atoms with Crippen LogP contribution < -0.4 is 11.2 Å². The second kappa shape index (κ2) is 8.95. The van der Waals surface area contributed by atoms with E-state index in [0.717, 1.165) is 49.3 Å². The van der Waals surface area contributed by atoms with Crippen LogP contribution in [0.2, 0.25) is 0 Å². The third-order valence-corrected chi connectivity index (χ3v) is 6.49. The molecule has 0 unspecified atom stereocenters. The van der Waals surface area contributed by atoms with Gasteiger partial charge in [0, 0.05) is 23.2 Å². The number of rotatable bonds is 4. The topological polar surface area (TPSA) is 75.4 Å². The highest BCUT2D eigenvalue weighted by Crippen LogP contribution is 2.24. The molecule has 0 spiro atoms. The fraction of sp³-hybridized carbons (Fsp3) is 0.500. The summed E-state index contributed by atoms with van der Waals surface area (Å²) < 4.78 is 0. The summed E-state index contributed by atoms with van der Waals surface area (Å²) in [5.41, 5.74) is 1.27. The normalized spacial score (nSPS) is 18.5. The minimum absolute atomic E-state index is 0.00983. The molecule has 0 aliphatic heterocycles. The van der Waals surface area contributed by atoms with E-state index in [2.05, 4.69) is 5.32 Å². The van der Waals surface area contributed by atoms with Crippen LogP contribution in [0.3, 0.4) is 0 Å². The van der Waals surface area contributed by atoms with Gasteiger partial charge in [-0.05, 0) is 60.7 Å². The minimum atomic E-state index is -0.127. The fourth-order valence-corrected chi connectivity index (χ4v) is 4.71. The van der Waals surface area contributed by atoms with Crippen molar-refractivity contribution < 1.29 is 9.59 Å². The molecule has 5 nitrogen and oxygen atoms in total. The van der Waals surface area contributed by atoms with Gasteiger partial charge in [0.25, 0.3) is 11.8 Å². The lowest BCUT2D eigenvalue weighted by molar-refractivity contribution is 0.0633. The van der Waals surface area contributed by atoms with E-state index in [1.807, 2.05) is 36.4 Å². The van der Waals surface area contributed by atoms with E-state index >= 15 is 0 Å². The first-order chi connectivity index (χ1) is 14.1. The molecule has 0 heterocycles. The summed E-state index contributed by atoms with van der Waals surface area (Å²) in [6, 6.07) is 11.7. The zero-order valence-corrected chi connectivity index (χ0v) is 17.0. The Morgan fingerprint density at radius 2 is 1.34 bits per heavy atom. The lowest BCUT2D eigenvalue weighted by Crippen LogP contribution is -2.46. The maximum Gasteiger partial charge on any atom is 0.268 e. The molecule has 0 radical (unpaired) electrons. The maximum absolute atomic E-state index is 12.8. The van der Waals surface area contributed by atoms with E-state index < -0.39 is 0 Å². The second-order valence-corrected chi connectivity index (χ2v) is 8.59. The van der Waals surface area contributed by atoms with Crippen molar-refractivity contribution in [3.63, 3.8) is 0 Å². The molecule has 0 atom stereocenters. The number of hydrogen-bond acceptors (Lipinski definition) is 3. The number of nitrogens with two attached hydrogens (primary N) is 1. The van der Waals surface area contributed by atoms with Crippen LogP contribution in [0.4, 0.5) is 0 Å². The second-order valence-electron chi connectivity index (χ2n) is 8.59. The van der Waals surface area contributed by atoms with Gasteiger partial charge in [0.15, 0.2) is 0 Å². The van der Waals surface area contributed by atoms with Crippen molar-refractivity contribution in [3.05, 3.63) is 47.5 Å². The van der Waals surface area contributed by atoms with Crippen molar-refractivity contribution in [1.82, 2.24) is 10.3 Å². The number of nitrogens with one attached hydrogen (secondary N) is 1. The van der Waals surface area contributed by atoms with Crippen molar-refractivity contribution in [2.75, 3.05) is 0 Å². The fourth-order valence-electron chi connectivity index (χ4n) is 4.71. The Hall–Kier alpha value is -2.40. The number of hydrazine groups is 1. The van der Waals surface area contributed by atoms with E-state index in [0.29, 0.717) is 17.2 Å². The first-order valence-corrected chi connectivity index (χ1v) is 11.0. The molecular formula is C24H31N3O2. The molecule has 2 aliphatic carbocycles. The van der Waals surface area contributed by atoms with Crippen molar-refractivity contribution in [2.24, 2.45) is 5.84 Å². The smallest absolute Gasteiger partial charge is 0.268 e. The lowest BCUT2D eigenvalue weighted by atomic mass is 9.94. The number of hydrogen-bond donors (Lipinski definition) is 2. The van der Waals surface area contributed by atoms with Gasteiger partial charge < -0.3 is 5.32 Å². The van der Waals surface area contributed by atoms with Crippen LogP contribution in [0.25, 0.3) is 10.8 Å². The molecule has 2 aromatic rings. The van der Waals surface area contributed by atoms with Crippen LogP contribution in [0.15, 0.2) is 36.4 Å². The van der Waals surface area contributed by atoms with Gasteiger partial charge in [-0.25, -0.2) is 5.84 Å². The molecule has 29 heavy (non-hydrogen) atoms. The average molecular weight is 394 g/mol. The predicted molar refractivity (Wildman–Crippen MR) is 116 cm³/mol. The van der Waals surface area contributed by atoms with E-state index in [1.165, 1.54) is 30.7 Å². The Morgan fingerprint density at radius 1 is 0.793 bits per heavy atom. The van der Waals surface area contributed by atoms with Crippen LogP contribution in [0.5, 0.6) is 0 Å². The summed E-state index contributed by atoms with van der Waals surface area (Å²) in [5.74, 6) is 6.01. The van der Waals surface area contributed by atoms with Gasteiger partial charge in [-0.15, -0.1) is 0 Å². The molecule has 5 heteroatoms. The SMILES string of the molecule is NN(C(=O)c1ccc2cc(C(=O)NC3CCCCC3)ccc2c1)C1CCCCC1. The molecular weight excluding hydrogens is 362 g/mol. The number of carbonyl (C=O) groups excluding carboxylic acids is 2. The van der Waals surface area contributed by atoms with Gasteiger partial charge in [0.2, 0.25) is 0 Å². The first-order valence-electron chi connectivity index (χ1n) is 11.0. The summed E-state index contributed by atoms with van der Waals surface area (Å²) >= 11 is 0. The third kappa shape index (κ3) is 4.61. The Labute approximate surface area is 172 Å². The van der Waals surface area contributed by atoms with Crippen LogP contribution >= 0.6 is 0 Å². The lowest BCUT2D eigenvalue weighted by Gasteiger charge is -2.30. The van der Waals surface area contributed by atoms with E-state index in [-0.39, 0.29) is 17.9 Å². The highest BCUT2D eigenvalue weighted by atomic mass is 16.2. The van der Waals surface area contributed by atoms with Gasteiger partial charge >= 0.3 is 0 Å². The Bertz CT molecular complexity index is 883. The van der Waals surface area contributed by atoms with Crippen molar-refractivity contribution >= 4 is 22.6 Å². The number of benzene rings is 2. The van der Waals surface area contributed by atoms with Gasteiger partial charge in [-0.2, -0.15) is 0 Å².